The molecule has 6 nitrogen and oxygen atoms in total. The number of nitro benzene ring substituents is 1. The number of amides is 1. The van der Waals surface area contributed by atoms with Crippen molar-refractivity contribution in [1.82, 2.24) is 0 Å². The summed E-state index contributed by atoms with van der Waals surface area (Å²) in [5.74, 6) is -0.321. The van der Waals surface area contributed by atoms with E-state index in [9.17, 15) is 14.9 Å². The Kier molecular flexibility index (Phi) is 6.18. The largest absolute Gasteiger partial charge is 0.328 e. The number of nitrogens with one attached hydrogen (secondary N) is 1. The number of carbonyl (C=O) groups excluding carboxylic acids is 1. The number of benzene rings is 2. The van der Waals surface area contributed by atoms with Crippen LogP contribution in [0.25, 0.3) is 0 Å². The molecule has 3 rings (SSSR count). The number of nitrogens with two attached hydrogens (primary N) is 1. The summed E-state index contributed by atoms with van der Waals surface area (Å²) >= 11 is 7.43. The van der Waals surface area contributed by atoms with Gasteiger partial charge in [0.1, 0.15) is 11.7 Å². The van der Waals surface area contributed by atoms with Gasteiger partial charge in [0.2, 0.25) is 0 Å². The van der Waals surface area contributed by atoms with Crippen molar-refractivity contribution in [2.45, 2.75) is 6.04 Å². The van der Waals surface area contributed by atoms with E-state index in [1.165, 1.54) is 18.2 Å². The highest BCUT2D eigenvalue weighted by molar-refractivity contribution is 7.10. The third-order valence-electron chi connectivity index (χ3n) is 3.98. The van der Waals surface area contributed by atoms with Gasteiger partial charge in [-0.3, -0.25) is 14.9 Å². The third kappa shape index (κ3) is 4.91. The van der Waals surface area contributed by atoms with Crippen LogP contribution in [0.3, 0.4) is 0 Å². The number of nitrogens with zero attached hydrogens (tertiary/aromatic N) is 1. The van der Waals surface area contributed by atoms with Crippen molar-refractivity contribution >= 4 is 40.2 Å². The summed E-state index contributed by atoms with van der Waals surface area (Å²) in [4.78, 5) is 24.1. The molecule has 138 valence electrons. The summed E-state index contributed by atoms with van der Waals surface area (Å²) in [7, 11) is 0. The quantitative estimate of drug-likeness (QED) is 0.467. The molecule has 0 aliphatic carbocycles. The fourth-order valence-corrected chi connectivity index (χ4v) is 3.75. The minimum atomic E-state index is -0.566. The second kappa shape index (κ2) is 8.77. The van der Waals surface area contributed by atoms with Gasteiger partial charge in [-0.2, -0.15) is 0 Å². The summed E-state index contributed by atoms with van der Waals surface area (Å²) < 4.78 is 0. The summed E-state index contributed by atoms with van der Waals surface area (Å²) in [5.41, 5.74) is 0.995. The van der Waals surface area contributed by atoms with Gasteiger partial charge >= 0.3 is 0 Å². The van der Waals surface area contributed by atoms with Crippen molar-refractivity contribution in [3.05, 3.63) is 91.6 Å². The Morgan fingerprint density at radius 3 is 2.63 bits per heavy atom. The van der Waals surface area contributed by atoms with Crippen molar-refractivity contribution in [2.75, 3.05) is 11.9 Å². The van der Waals surface area contributed by atoms with E-state index in [0.717, 1.165) is 10.4 Å². The highest BCUT2D eigenvalue weighted by Crippen LogP contribution is 2.27. The molecule has 8 heteroatoms. The molecule has 0 saturated carbocycles. The molecule has 0 spiro atoms. The van der Waals surface area contributed by atoms with Crippen molar-refractivity contribution in [3.8, 4) is 0 Å². The van der Waals surface area contributed by atoms with Gasteiger partial charge < -0.3 is 10.6 Å². The molecule has 3 N–H and O–H groups in total. The molecule has 0 fully saturated rings. The van der Waals surface area contributed by atoms with E-state index < -0.39 is 4.92 Å². The molecular formula is C19H17ClN3O3S+. The average Bonchev–Trinajstić information content (AvgIpc) is 3.18. The van der Waals surface area contributed by atoms with Gasteiger partial charge in [-0.05, 0) is 23.6 Å². The minimum absolute atomic E-state index is 0.0165. The predicted molar refractivity (Wildman–Crippen MR) is 106 cm³/mol. The monoisotopic (exact) mass is 402 g/mol. The second-order valence-corrected chi connectivity index (χ2v) is 7.23. The fourth-order valence-electron chi connectivity index (χ4n) is 2.73. The summed E-state index contributed by atoms with van der Waals surface area (Å²) in [5, 5.41) is 17.9. The van der Waals surface area contributed by atoms with Crippen LogP contribution in [-0.2, 0) is 4.79 Å². The highest BCUT2D eigenvalue weighted by atomic mass is 35.5. The topological polar surface area (TPSA) is 88.8 Å². The zero-order valence-electron chi connectivity index (χ0n) is 14.2. The lowest BCUT2D eigenvalue weighted by molar-refractivity contribution is -0.675. The van der Waals surface area contributed by atoms with Gasteiger partial charge in [0, 0.05) is 16.7 Å². The van der Waals surface area contributed by atoms with E-state index in [2.05, 4.69) is 5.32 Å². The maximum Gasteiger partial charge on any atom is 0.294 e. The first-order chi connectivity index (χ1) is 13.0. The maximum absolute atomic E-state index is 12.4. The molecule has 0 saturated heterocycles. The van der Waals surface area contributed by atoms with Crippen molar-refractivity contribution in [1.29, 1.82) is 0 Å². The van der Waals surface area contributed by atoms with Crippen molar-refractivity contribution < 1.29 is 15.0 Å². The Morgan fingerprint density at radius 1 is 1.19 bits per heavy atom. The molecule has 27 heavy (non-hydrogen) atoms. The number of halogens is 1. The Bertz CT molecular complexity index is 933. The van der Waals surface area contributed by atoms with Gasteiger partial charge in [0.15, 0.2) is 6.54 Å². The summed E-state index contributed by atoms with van der Waals surface area (Å²) in [6.07, 6.45) is 0. The number of hydrogen-bond donors (Lipinski definition) is 2. The lowest BCUT2D eigenvalue weighted by Gasteiger charge is -2.14. The minimum Gasteiger partial charge on any atom is -0.328 e. The standard InChI is InChI=1S/C19H16ClN3O3S/c20-14-8-9-15(16(11-14)23(25)26)22-18(24)12-21-19(17-7-4-10-27-17)13-5-2-1-3-6-13/h1-11,19,21H,12H2,(H,22,24)/p+1/t19-/m1/s1. The van der Waals surface area contributed by atoms with Crippen LogP contribution in [0.1, 0.15) is 16.5 Å². The maximum atomic E-state index is 12.4. The lowest BCUT2D eigenvalue weighted by atomic mass is 10.1. The molecule has 0 radical (unpaired) electrons. The first-order valence-corrected chi connectivity index (χ1v) is 9.46. The number of anilines is 1. The van der Waals surface area contributed by atoms with Crippen LogP contribution >= 0.6 is 22.9 Å². The molecular weight excluding hydrogens is 386 g/mol. The number of thiophene rings is 1. The van der Waals surface area contributed by atoms with E-state index in [1.807, 2.05) is 53.2 Å². The van der Waals surface area contributed by atoms with Crippen LogP contribution < -0.4 is 10.6 Å². The van der Waals surface area contributed by atoms with Crippen molar-refractivity contribution in [2.24, 2.45) is 0 Å². The first kappa shape index (κ1) is 19.0. The molecule has 1 amide bonds. The van der Waals surface area contributed by atoms with E-state index in [4.69, 9.17) is 11.6 Å². The molecule has 1 atom stereocenters. The molecule has 1 aromatic heterocycles. The van der Waals surface area contributed by atoms with E-state index in [0.29, 0.717) is 0 Å². The number of hydrogen-bond acceptors (Lipinski definition) is 4. The normalized spacial score (nSPS) is 11.7. The number of carbonyl (C=O) groups is 1. The smallest absolute Gasteiger partial charge is 0.294 e. The highest BCUT2D eigenvalue weighted by Gasteiger charge is 2.21. The summed E-state index contributed by atoms with van der Waals surface area (Å²) in [6, 6.07) is 18.0. The van der Waals surface area contributed by atoms with Crippen molar-refractivity contribution in [3.63, 3.8) is 0 Å². The van der Waals surface area contributed by atoms with Gasteiger partial charge in [-0.1, -0.05) is 48.0 Å². The SMILES string of the molecule is O=C(C[NH2+][C@H](c1ccccc1)c1cccs1)Nc1ccc(Cl)cc1[N+](=O)[O-]. The second-order valence-electron chi connectivity index (χ2n) is 5.81. The molecule has 0 aliphatic rings. The lowest BCUT2D eigenvalue weighted by Crippen LogP contribution is -2.87. The molecule has 1 heterocycles. The van der Waals surface area contributed by atoms with E-state index in [1.54, 1.807) is 11.3 Å². The van der Waals surface area contributed by atoms with Gasteiger partial charge in [-0.25, -0.2) is 0 Å². The number of nitro groups is 1. The Labute approximate surface area is 164 Å². The fraction of sp³-hybridized carbons (Fsp3) is 0.105. The predicted octanol–water partition coefficient (Wildman–Crippen LogP) is 3.60. The van der Waals surface area contributed by atoms with Crippen LogP contribution in [0.4, 0.5) is 11.4 Å². The Morgan fingerprint density at radius 2 is 1.96 bits per heavy atom. The Balaban J connectivity index is 1.71. The van der Waals surface area contributed by atoms with Crippen LogP contribution in [0.15, 0.2) is 66.0 Å². The zero-order valence-corrected chi connectivity index (χ0v) is 15.7. The van der Waals surface area contributed by atoms with Crippen LogP contribution in [0.2, 0.25) is 5.02 Å². The molecule has 0 bridgehead atoms. The molecule has 0 unspecified atom stereocenters. The van der Waals surface area contributed by atoms with Gasteiger partial charge in [-0.15, -0.1) is 11.3 Å². The third-order valence-corrected chi connectivity index (χ3v) is 5.17. The Hall–Kier alpha value is -2.74. The molecule has 0 aliphatic heterocycles. The number of rotatable bonds is 7. The zero-order chi connectivity index (χ0) is 19.2. The van der Waals surface area contributed by atoms with Crippen LogP contribution in [0.5, 0.6) is 0 Å². The molecule has 2 aromatic carbocycles. The van der Waals surface area contributed by atoms with E-state index >= 15 is 0 Å². The van der Waals surface area contributed by atoms with Crippen LogP contribution in [0, 0.1) is 10.1 Å². The first-order valence-electron chi connectivity index (χ1n) is 8.20. The average molecular weight is 403 g/mol. The van der Waals surface area contributed by atoms with Gasteiger partial charge in [0.25, 0.3) is 11.6 Å². The number of quaternary nitrogens is 1. The molecule has 3 aromatic rings. The van der Waals surface area contributed by atoms with E-state index in [-0.39, 0.29) is 34.9 Å². The summed E-state index contributed by atoms with van der Waals surface area (Å²) in [6.45, 7) is 0.122. The van der Waals surface area contributed by atoms with Crippen LogP contribution in [-0.4, -0.2) is 17.4 Å². The van der Waals surface area contributed by atoms with Gasteiger partial charge in [0.05, 0.1) is 9.80 Å².